The number of fused-ring (bicyclic) bond motifs is 1. The first-order chi connectivity index (χ1) is 13.1. The zero-order valence-electron chi connectivity index (χ0n) is 14.5. The van der Waals surface area contributed by atoms with Crippen molar-refractivity contribution in [1.82, 2.24) is 4.98 Å². The van der Waals surface area contributed by atoms with E-state index in [1.165, 1.54) is 11.8 Å². The van der Waals surface area contributed by atoms with Crippen molar-refractivity contribution in [2.45, 2.75) is 4.90 Å². The van der Waals surface area contributed by atoms with Gasteiger partial charge in [0.1, 0.15) is 11.3 Å². The molecule has 0 atom stereocenters. The zero-order valence-corrected chi connectivity index (χ0v) is 15.3. The summed E-state index contributed by atoms with van der Waals surface area (Å²) in [5, 5.41) is 12.9. The number of para-hydroxylation sites is 2. The topological polar surface area (TPSA) is 75.4 Å². The second-order valence-electron chi connectivity index (χ2n) is 5.90. The number of phenolic OH excluding ortho intramolecular Hbond substituents is 1. The van der Waals surface area contributed by atoms with Crippen molar-refractivity contribution < 1.29 is 14.3 Å². The monoisotopic (exact) mass is 376 g/mol. The molecular formula is C21H16N2O3S. The summed E-state index contributed by atoms with van der Waals surface area (Å²) < 4.78 is 5.78. The summed E-state index contributed by atoms with van der Waals surface area (Å²) in [6.07, 6.45) is 1.91. The third-order valence-corrected chi connectivity index (χ3v) is 4.84. The number of phenols is 1. The normalized spacial score (nSPS) is 10.9. The summed E-state index contributed by atoms with van der Waals surface area (Å²) in [6.45, 7) is 0. The molecule has 0 bridgehead atoms. The van der Waals surface area contributed by atoms with E-state index >= 15 is 0 Å². The number of anilines is 1. The third kappa shape index (κ3) is 3.52. The minimum atomic E-state index is -0.380. The number of nitrogens with zero attached hydrogens (tertiary/aromatic N) is 1. The molecule has 1 heterocycles. The van der Waals surface area contributed by atoms with Gasteiger partial charge in [0.05, 0.1) is 5.56 Å². The first kappa shape index (κ1) is 17.2. The van der Waals surface area contributed by atoms with E-state index in [4.69, 9.17) is 4.42 Å². The maximum Gasteiger partial charge on any atom is 0.259 e. The van der Waals surface area contributed by atoms with Gasteiger partial charge in [0.25, 0.3) is 5.91 Å². The van der Waals surface area contributed by atoms with E-state index in [1.54, 1.807) is 30.3 Å². The first-order valence-electron chi connectivity index (χ1n) is 8.28. The Morgan fingerprint density at radius 3 is 2.70 bits per heavy atom. The average Bonchev–Trinajstić information content (AvgIpc) is 3.12. The standard InChI is InChI=1S/C21H16N2O3S/c1-27-15-9-10-16(18(24)12-15)20(25)22-14-6-4-5-13(11-14)21-23-17-7-2-3-8-19(17)26-21/h2-12,24H,1H3,(H,22,25). The lowest BCUT2D eigenvalue weighted by Crippen LogP contribution is -2.12. The summed E-state index contributed by atoms with van der Waals surface area (Å²) in [5.74, 6) is 0.0591. The molecule has 0 saturated carbocycles. The van der Waals surface area contributed by atoms with Gasteiger partial charge in [-0.25, -0.2) is 4.98 Å². The molecule has 0 fully saturated rings. The Balaban J connectivity index is 1.60. The van der Waals surface area contributed by atoms with Crippen molar-refractivity contribution in [1.29, 1.82) is 0 Å². The smallest absolute Gasteiger partial charge is 0.259 e. The number of hydrogen-bond acceptors (Lipinski definition) is 5. The van der Waals surface area contributed by atoms with Crippen LogP contribution < -0.4 is 5.32 Å². The number of oxazole rings is 1. The average molecular weight is 376 g/mol. The van der Waals surface area contributed by atoms with Gasteiger partial charge >= 0.3 is 0 Å². The zero-order chi connectivity index (χ0) is 18.8. The lowest BCUT2D eigenvalue weighted by atomic mass is 10.1. The summed E-state index contributed by atoms with van der Waals surface area (Å²) in [5.41, 5.74) is 3.06. The molecule has 6 heteroatoms. The number of carbonyl (C=O) groups excluding carboxylic acids is 1. The molecule has 0 aliphatic carbocycles. The van der Waals surface area contributed by atoms with Gasteiger partial charge in [-0.1, -0.05) is 18.2 Å². The summed E-state index contributed by atoms with van der Waals surface area (Å²) in [4.78, 5) is 17.9. The Hall–Kier alpha value is -3.25. The van der Waals surface area contributed by atoms with E-state index in [-0.39, 0.29) is 17.2 Å². The molecule has 27 heavy (non-hydrogen) atoms. The molecule has 4 rings (SSSR count). The van der Waals surface area contributed by atoms with Gasteiger partial charge in [-0.05, 0) is 54.8 Å². The number of amides is 1. The highest BCUT2D eigenvalue weighted by Gasteiger charge is 2.13. The number of thioether (sulfide) groups is 1. The van der Waals surface area contributed by atoms with Gasteiger partial charge in [0.2, 0.25) is 5.89 Å². The van der Waals surface area contributed by atoms with E-state index in [2.05, 4.69) is 10.3 Å². The van der Waals surface area contributed by atoms with Gasteiger partial charge in [0, 0.05) is 16.1 Å². The predicted molar refractivity (Wildman–Crippen MR) is 107 cm³/mol. The summed E-state index contributed by atoms with van der Waals surface area (Å²) >= 11 is 1.50. The van der Waals surface area contributed by atoms with Crippen molar-refractivity contribution in [3.05, 3.63) is 72.3 Å². The minimum absolute atomic E-state index is 0.0468. The number of aromatic nitrogens is 1. The van der Waals surface area contributed by atoms with Crippen LogP contribution in [0.1, 0.15) is 10.4 Å². The van der Waals surface area contributed by atoms with Crippen molar-refractivity contribution in [3.63, 3.8) is 0 Å². The Morgan fingerprint density at radius 2 is 1.93 bits per heavy atom. The van der Waals surface area contributed by atoms with Crippen LogP contribution in [0.2, 0.25) is 0 Å². The van der Waals surface area contributed by atoms with Crippen LogP contribution in [0.3, 0.4) is 0 Å². The van der Waals surface area contributed by atoms with E-state index in [9.17, 15) is 9.90 Å². The fraction of sp³-hybridized carbons (Fsp3) is 0.0476. The Labute approximate surface area is 160 Å². The largest absolute Gasteiger partial charge is 0.507 e. The van der Waals surface area contributed by atoms with Crippen molar-refractivity contribution in [2.75, 3.05) is 11.6 Å². The van der Waals surface area contributed by atoms with E-state index in [1.807, 2.05) is 42.7 Å². The van der Waals surface area contributed by atoms with Gasteiger partial charge in [-0.15, -0.1) is 11.8 Å². The molecule has 3 aromatic carbocycles. The van der Waals surface area contributed by atoms with Crippen LogP contribution >= 0.6 is 11.8 Å². The Morgan fingerprint density at radius 1 is 1.07 bits per heavy atom. The molecule has 0 spiro atoms. The van der Waals surface area contributed by atoms with Crippen molar-refractivity contribution in [2.24, 2.45) is 0 Å². The molecule has 0 radical (unpaired) electrons. The van der Waals surface area contributed by atoms with Gasteiger partial charge in [0.15, 0.2) is 5.58 Å². The summed E-state index contributed by atoms with van der Waals surface area (Å²) in [6, 6.07) is 19.8. The van der Waals surface area contributed by atoms with Crippen LogP contribution in [0.15, 0.2) is 76.0 Å². The van der Waals surface area contributed by atoms with Crippen LogP contribution in [0.4, 0.5) is 5.69 Å². The molecule has 1 amide bonds. The van der Waals surface area contributed by atoms with Gasteiger partial charge in [-0.2, -0.15) is 0 Å². The maximum atomic E-state index is 12.5. The number of rotatable bonds is 4. The number of carbonyl (C=O) groups is 1. The number of hydrogen-bond donors (Lipinski definition) is 2. The second kappa shape index (κ2) is 7.17. The van der Waals surface area contributed by atoms with Crippen LogP contribution in [0.25, 0.3) is 22.6 Å². The quantitative estimate of drug-likeness (QED) is 0.480. The molecule has 5 nitrogen and oxygen atoms in total. The first-order valence-corrected chi connectivity index (χ1v) is 9.51. The predicted octanol–water partition coefficient (Wildman–Crippen LogP) is 5.17. The number of benzene rings is 3. The lowest BCUT2D eigenvalue weighted by molar-refractivity contribution is 0.102. The van der Waals surface area contributed by atoms with Crippen LogP contribution in [0, 0.1) is 0 Å². The Kier molecular flexibility index (Phi) is 4.56. The highest BCUT2D eigenvalue weighted by atomic mass is 32.2. The van der Waals surface area contributed by atoms with Gasteiger partial charge < -0.3 is 14.8 Å². The van der Waals surface area contributed by atoms with Crippen molar-refractivity contribution >= 4 is 34.5 Å². The highest BCUT2D eigenvalue weighted by Crippen LogP contribution is 2.28. The molecule has 0 saturated heterocycles. The SMILES string of the molecule is CSc1ccc(C(=O)Nc2cccc(-c3nc4ccccc4o3)c2)c(O)c1. The molecular weight excluding hydrogens is 360 g/mol. The molecule has 1 aromatic heterocycles. The van der Waals surface area contributed by atoms with Crippen LogP contribution in [0.5, 0.6) is 5.75 Å². The van der Waals surface area contributed by atoms with Crippen molar-refractivity contribution in [3.8, 4) is 17.2 Å². The fourth-order valence-corrected chi connectivity index (χ4v) is 3.19. The number of aromatic hydroxyl groups is 1. The molecule has 0 unspecified atom stereocenters. The maximum absolute atomic E-state index is 12.5. The van der Waals surface area contributed by atoms with Crippen LogP contribution in [-0.4, -0.2) is 22.3 Å². The molecule has 134 valence electrons. The molecule has 0 aliphatic rings. The van der Waals surface area contributed by atoms with E-state index < -0.39 is 0 Å². The van der Waals surface area contributed by atoms with E-state index in [0.29, 0.717) is 17.2 Å². The summed E-state index contributed by atoms with van der Waals surface area (Å²) in [7, 11) is 0. The third-order valence-electron chi connectivity index (χ3n) is 4.11. The number of nitrogens with one attached hydrogen (secondary N) is 1. The minimum Gasteiger partial charge on any atom is -0.507 e. The lowest BCUT2D eigenvalue weighted by Gasteiger charge is -2.08. The van der Waals surface area contributed by atoms with Crippen LogP contribution in [-0.2, 0) is 0 Å². The molecule has 4 aromatic rings. The van der Waals surface area contributed by atoms with E-state index in [0.717, 1.165) is 16.0 Å². The highest BCUT2D eigenvalue weighted by molar-refractivity contribution is 7.98. The fourth-order valence-electron chi connectivity index (χ4n) is 2.75. The second-order valence-corrected chi connectivity index (χ2v) is 6.78. The molecule has 0 aliphatic heterocycles. The van der Waals surface area contributed by atoms with Gasteiger partial charge in [-0.3, -0.25) is 4.79 Å². The Bertz CT molecular complexity index is 1100. The molecule has 2 N–H and O–H groups in total.